The molecule has 0 saturated carbocycles. The third kappa shape index (κ3) is 4.55. The van der Waals surface area contributed by atoms with Gasteiger partial charge in [0, 0.05) is 6.07 Å². The number of rotatable bonds is 7. The SMILES string of the molecule is COc1ccc(NS(=O)(=O)c2c(F)c(F)c(F)c(F)c2OCc2ccccc2)cc1F. The summed E-state index contributed by atoms with van der Waals surface area (Å²) >= 11 is 0. The number of hydrogen-bond donors (Lipinski definition) is 1. The number of hydrogen-bond acceptors (Lipinski definition) is 4. The fourth-order valence-corrected chi connectivity index (χ4v) is 3.88. The third-order valence-electron chi connectivity index (χ3n) is 4.08. The average Bonchev–Trinajstić information content (AvgIpc) is 2.74. The number of anilines is 1. The van der Waals surface area contributed by atoms with Gasteiger partial charge in [-0.15, -0.1) is 0 Å². The quantitative estimate of drug-likeness (QED) is 0.314. The molecule has 11 heteroatoms. The molecule has 3 aromatic rings. The van der Waals surface area contributed by atoms with E-state index in [0.717, 1.165) is 12.1 Å². The highest BCUT2D eigenvalue weighted by Crippen LogP contribution is 2.36. The van der Waals surface area contributed by atoms with E-state index in [4.69, 9.17) is 9.47 Å². The predicted molar refractivity (Wildman–Crippen MR) is 101 cm³/mol. The van der Waals surface area contributed by atoms with Crippen LogP contribution in [0.25, 0.3) is 0 Å². The van der Waals surface area contributed by atoms with Crippen LogP contribution in [0.2, 0.25) is 0 Å². The van der Waals surface area contributed by atoms with Crippen LogP contribution in [0.5, 0.6) is 11.5 Å². The van der Waals surface area contributed by atoms with Crippen LogP contribution in [0.4, 0.5) is 27.6 Å². The van der Waals surface area contributed by atoms with E-state index in [-0.39, 0.29) is 5.75 Å². The Hall–Kier alpha value is -3.34. The lowest BCUT2D eigenvalue weighted by Crippen LogP contribution is -2.19. The van der Waals surface area contributed by atoms with E-state index in [0.29, 0.717) is 11.6 Å². The van der Waals surface area contributed by atoms with Gasteiger partial charge >= 0.3 is 0 Å². The molecule has 0 amide bonds. The van der Waals surface area contributed by atoms with E-state index in [1.165, 1.54) is 19.2 Å². The van der Waals surface area contributed by atoms with Crippen molar-refractivity contribution in [2.75, 3.05) is 11.8 Å². The molecule has 0 aliphatic heterocycles. The summed E-state index contributed by atoms with van der Waals surface area (Å²) in [6, 6.07) is 10.8. The fraction of sp³-hybridized carbons (Fsp3) is 0.100. The summed E-state index contributed by atoms with van der Waals surface area (Å²) in [6.07, 6.45) is 0. The molecule has 0 radical (unpaired) electrons. The van der Waals surface area contributed by atoms with Crippen LogP contribution in [0.15, 0.2) is 53.4 Å². The second-order valence-corrected chi connectivity index (χ2v) is 7.76. The summed E-state index contributed by atoms with van der Waals surface area (Å²) in [7, 11) is -3.90. The van der Waals surface area contributed by atoms with Crippen LogP contribution in [0.3, 0.4) is 0 Å². The zero-order valence-corrected chi connectivity index (χ0v) is 16.6. The molecule has 0 aromatic heterocycles. The first kappa shape index (κ1) is 22.3. The summed E-state index contributed by atoms with van der Waals surface area (Å²) < 4.78 is 107. The Morgan fingerprint density at radius 2 is 1.52 bits per heavy atom. The second kappa shape index (κ2) is 8.80. The van der Waals surface area contributed by atoms with Gasteiger partial charge < -0.3 is 9.47 Å². The Morgan fingerprint density at radius 3 is 2.13 bits per heavy atom. The molecule has 0 fully saturated rings. The predicted octanol–water partition coefficient (Wildman–Crippen LogP) is 4.77. The van der Waals surface area contributed by atoms with Crippen LogP contribution in [0, 0.1) is 29.1 Å². The summed E-state index contributed by atoms with van der Waals surface area (Å²) in [5.41, 5.74) is 0.0115. The Morgan fingerprint density at radius 1 is 0.871 bits per heavy atom. The van der Waals surface area contributed by atoms with Crippen molar-refractivity contribution in [1.29, 1.82) is 0 Å². The Kier molecular flexibility index (Phi) is 6.34. The van der Waals surface area contributed by atoms with E-state index < -0.39 is 62.0 Å². The smallest absolute Gasteiger partial charge is 0.268 e. The van der Waals surface area contributed by atoms with Crippen LogP contribution in [0.1, 0.15) is 5.56 Å². The molecule has 31 heavy (non-hydrogen) atoms. The second-order valence-electron chi connectivity index (χ2n) is 6.14. The van der Waals surface area contributed by atoms with Gasteiger partial charge in [0.1, 0.15) is 6.61 Å². The Bertz CT molecular complexity index is 1220. The molecule has 164 valence electrons. The largest absolute Gasteiger partial charge is 0.494 e. The normalized spacial score (nSPS) is 11.3. The number of benzene rings is 3. The summed E-state index contributed by atoms with van der Waals surface area (Å²) in [5.74, 6) is -11.3. The molecule has 0 atom stereocenters. The number of sulfonamides is 1. The topological polar surface area (TPSA) is 64.6 Å². The standard InChI is InChI=1S/C20H14F5NO4S/c1-29-14-8-7-12(9-13(14)21)26-31(27,28)20-18(25)16(23)15(22)17(24)19(20)30-10-11-5-3-2-4-6-11/h2-9,26H,10H2,1H3. The van der Waals surface area contributed by atoms with E-state index in [1.54, 1.807) is 22.9 Å². The molecular weight excluding hydrogens is 445 g/mol. The van der Waals surface area contributed by atoms with Crippen molar-refractivity contribution in [3.05, 3.63) is 83.2 Å². The molecule has 0 aliphatic rings. The molecule has 0 unspecified atom stereocenters. The van der Waals surface area contributed by atoms with E-state index >= 15 is 0 Å². The van der Waals surface area contributed by atoms with Gasteiger partial charge in [-0.1, -0.05) is 30.3 Å². The van der Waals surface area contributed by atoms with Crippen molar-refractivity contribution < 1.29 is 39.8 Å². The zero-order chi connectivity index (χ0) is 22.8. The molecule has 0 bridgehead atoms. The minimum absolute atomic E-state index is 0.208. The van der Waals surface area contributed by atoms with E-state index in [2.05, 4.69) is 0 Å². The summed E-state index contributed by atoms with van der Waals surface area (Å²) in [6.45, 7) is -0.470. The molecule has 3 aromatic carbocycles. The van der Waals surface area contributed by atoms with Gasteiger partial charge in [0.15, 0.2) is 33.8 Å². The molecule has 0 aliphatic carbocycles. The highest BCUT2D eigenvalue weighted by Gasteiger charge is 2.34. The van der Waals surface area contributed by atoms with Crippen molar-refractivity contribution in [2.24, 2.45) is 0 Å². The maximum atomic E-state index is 14.5. The van der Waals surface area contributed by atoms with Gasteiger partial charge in [-0.25, -0.2) is 26.0 Å². The first-order valence-corrected chi connectivity index (χ1v) is 10.0. The number of halogens is 5. The van der Waals surface area contributed by atoms with Crippen molar-refractivity contribution in [2.45, 2.75) is 11.5 Å². The highest BCUT2D eigenvalue weighted by atomic mass is 32.2. The van der Waals surface area contributed by atoms with Gasteiger partial charge in [0.05, 0.1) is 12.8 Å². The van der Waals surface area contributed by atoms with Crippen LogP contribution < -0.4 is 14.2 Å². The molecule has 3 rings (SSSR count). The van der Waals surface area contributed by atoms with Crippen molar-refractivity contribution in [1.82, 2.24) is 0 Å². The minimum Gasteiger partial charge on any atom is -0.494 e. The molecule has 0 heterocycles. The van der Waals surface area contributed by atoms with Gasteiger partial charge in [0.2, 0.25) is 11.6 Å². The molecule has 0 saturated heterocycles. The number of ether oxygens (including phenoxy) is 2. The fourth-order valence-electron chi connectivity index (χ4n) is 2.63. The molecular formula is C20H14F5NO4S. The van der Waals surface area contributed by atoms with Crippen LogP contribution in [-0.2, 0) is 16.6 Å². The number of methoxy groups -OCH3 is 1. The molecule has 5 nitrogen and oxygen atoms in total. The van der Waals surface area contributed by atoms with Crippen molar-refractivity contribution >= 4 is 15.7 Å². The van der Waals surface area contributed by atoms with E-state index in [9.17, 15) is 30.4 Å². The summed E-state index contributed by atoms with van der Waals surface area (Å²) in [4.78, 5) is -1.60. The Balaban J connectivity index is 2.06. The summed E-state index contributed by atoms with van der Waals surface area (Å²) in [5, 5.41) is 0. The maximum absolute atomic E-state index is 14.5. The Labute approximate surface area is 174 Å². The van der Waals surface area contributed by atoms with Crippen LogP contribution >= 0.6 is 0 Å². The van der Waals surface area contributed by atoms with Gasteiger partial charge in [-0.2, -0.15) is 4.39 Å². The van der Waals surface area contributed by atoms with E-state index in [1.807, 2.05) is 0 Å². The number of nitrogens with one attached hydrogen (secondary N) is 1. The highest BCUT2D eigenvalue weighted by molar-refractivity contribution is 7.92. The lowest BCUT2D eigenvalue weighted by atomic mass is 10.2. The van der Waals surface area contributed by atoms with Crippen molar-refractivity contribution in [3.8, 4) is 11.5 Å². The monoisotopic (exact) mass is 459 g/mol. The van der Waals surface area contributed by atoms with Crippen molar-refractivity contribution in [3.63, 3.8) is 0 Å². The van der Waals surface area contributed by atoms with Gasteiger partial charge in [0.25, 0.3) is 10.0 Å². The average molecular weight is 459 g/mol. The van der Waals surface area contributed by atoms with Crippen LogP contribution in [-0.4, -0.2) is 15.5 Å². The van der Waals surface area contributed by atoms with Gasteiger partial charge in [-0.05, 0) is 17.7 Å². The lowest BCUT2D eigenvalue weighted by Gasteiger charge is -2.16. The zero-order valence-electron chi connectivity index (χ0n) is 15.8. The van der Waals surface area contributed by atoms with Gasteiger partial charge in [-0.3, -0.25) is 4.72 Å². The minimum atomic E-state index is -5.08. The first-order valence-electron chi connectivity index (χ1n) is 8.54. The molecule has 1 N–H and O–H groups in total. The lowest BCUT2D eigenvalue weighted by molar-refractivity contribution is 0.264. The molecule has 0 spiro atoms. The third-order valence-corrected chi connectivity index (χ3v) is 5.49. The first-order chi connectivity index (χ1) is 14.7. The maximum Gasteiger partial charge on any atom is 0.268 e.